The van der Waals surface area contributed by atoms with E-state index in [1.54, 1.807) is 18.6 Å². The molecule has 5 rings (SSSR count). The van der Waals surface area contributed by atoms with Crippen molar-refractivity contribution in [2.24, 2.45) is 15.5 Å². The minimum atomic E-state index is -2.24. The van der Waals surface area contributed by atoms with E-state index in [-0.39, 0.29) is 18.1 Å². The van der Waals surface area contributed by atoms with E-state index < -0.39 is 9.73 Å². The van der Waals surface area contributed by atoms with Gasteiger partial charge in [-0.2, -0.15) is 4.36 Å². The van der Waals surface area contributed by atoms with Crippen molar-refractivity contribution in [3.8, 4) is 11.3 Å². The number of rotatable bonds is 4. The van der Waals surface area contributed by atoms with Crippen LogP contribution in [0.3, 0.4) is 0 Å². The summed E-state index contributed by atoms with van der Waals surface area (Å²) in [6, 6.07) is 11.3. The molecule has 3 N–H and O–H groups in total. The molecule has 7 nitrogen and oxygen atoms in total. The average Bonchev–Trinajstić information content (AvgIpc) is 3.11. The van der Waals surface area contributed by atoms with Gasteiger partial charge < -0.3 is 15.7 Å². The van der Waals surface area contributed by atoms with Crippen LogP contribution in [0.1, 0.15) is 41.4 Å². The van der Waals surface area contributed by atoms with Crippen LogP contribution in [0, 0.1) is 12.3 Å². The van der Waals surface area contributed by atoms with Gasteiger partial charge in [-0.15, -0.1) is 0 Å². The Hall–Kier alpha value is -2.23. The number of hydrogen-bond acceptors (Lipinski definition) is 7. The molecule has 1 spiro atoms. The minimum absolute atomic E-state index is 0.0482. The van der Waals surface area contributed by atoms with Gasteiger partial charge in [0.05, 0.1) is 33.7 Å². The molecule has 0 bridgehead atoms. The molecule has 0 saturated carbocycles. The Morgan fingerprint density at radius 1 is 1.19 bits per heavy atom. The largest absolute Gasteiger partial charge is 0.390 e. The zero-order valence-electron chi connectivity index (χ0n) is 21.2. The Balaban J connectivity index is 1.39. The third-order valence-corrected chi connectivity index (χ3v) is 9.00. The van der Waals surface area contributed by atoms with E-state index >= 15 is 0 Å². The molecule has 2 heterocycles. The second-order valence-electron chi connectivity index (χ2n) is 10.3. The lowest BCUT2D eigenvalue weighted by Crippen LogP contribution is -2.45. The lowest BCUT2D eigenvalue weighted by atomic mass is 9.73. The Morgan fingerprint density at radius 2 is 1.92 bits per heavy atom. The highest BCUT2D eigenvalue weighted by Gasteiger charge is 2.46. The number of benzene rings is 2. The zero-order valence-corrected chi connectivity index (χ0v) is 23.5. The highest BCUT2D eigenvalue weighted by molar-refractivity contribution is 7.92. The average molecular weight is 561 g/mol. The highest BCUT2D eigenvalue weighted by atomic mass is 35.5. The molecule has 0 amide bonds. The Bertz CT molecular complexity index is 1490. The van der Waals surface area contributed by atoms with Gasteiger partial charge in [-0.05, 0) is 60.9 Å². The van der Waals surface area contributed by atoms with E-state index in [9.17, 15) is 9.32 Å². The van der Waals surface area contributed by atoms with Crippen molar-refractivity contribution < 1.29 is 9.32 Å². The second-order valence-corrected chi connectivity index (χ2v) is 13.7. The molecule has 0 radical (unpaired) electrons. The lowest BCUT2D eigenvalue weighted by molar-refractivity contribution is 0.186. The van der Waals surface area contributed by atoms with Crippen molar-refractivity contribution in [2.45, 2.75) is 38.8 Å². The van der Waals surface area contributed by atoms with Gasteiger partial charge in [0, 0.05) is 46.9 Å². The van der Waals surface area contributed by atoms with Crippen molar-refractivity contribution in [3.05, 3.63) is 69.0 Å². The first-order valence-electron chi connectivity index (χ1n) is 12.2. The maximum atomic E-state index is 12.2. The lowest BCUT2D eigenvalue weighted by Gasteiger charge is -2.43. The quantitative estimate of drug-likeness (QED) is 0.440. The van der Waals surface area contributed by atoms with Crippen molar-refractivity contribution in [2.75, 3.05) is 30.5 Å². The molecular formula is C27H31Cl2N5O2S. The normalized spacial score (nSPS) is 18.8. The fourth-order valence-electron chi connectivity index (χ4n) is 5.66. The van der Waals surface area contributed by atoms with Gasteiger partial charge in [-0.3, -0.25) is 0 Å². The van der Waals surface area contributed by atoms with Crippen molar-refractivity contribution in [1.82, 2.24) is 9.97 Å². The fraction of sp³-hybridized carbons (Fsp3) is 0.407. The van der Waals surface area contributed by atoms with E-state index in [2.05, 4.69) is 15.3 Å². The molecule has 3 aromatic rings. The number of aryl methyl sites for hydroxylation is 1. The van der Waals surface area contributed by atoms with Crippen molar-refractivity contribution in [3.63, 3.8) is 0 Å². The monoisotopic (exact) mass is 559 g/mol. The number of hydrogen-bond donors (Lipinski definition) is 2. The number of nitrogens with zero attached hydrogens (tertiary/aromatic N) is 4. The van der Waals surface area contributed by atoms with Crippen molar-refractivity contribution >= 4 is 44.4 Å². The van der Waals surface area contributed by atoms with Gasteiger partial charge in [0.1, 0.15) is 5.69 Å². The summed E-state index contributed by atoms with van der Waals surface area (Å²) in [4.78, 5) is 11.8. The van der Waals surface area contributed by atoms with Gasteiger partial charge in [-0.1, -0.05) is 41.4 Å². The molecule has 2 aliphatic rings. The minimum Gasteiger partial charge on any atom is -0.390 e. The van der Waals surface area contributed by atoms with Gasteiger partial charge in [-0.25, -0.2) is 14.2 Å². The molecule has 10 heteroatoms. The predicted molar refractivity (Wildman–Crippen MR) is 151 cm³/mol. The smallest absolute Gasteiger partial charge is 0.153 e. The topological polar surface area (TPSA) is 105 Å². The van der Waals surface area contributed by atoms with Crippen LogP contribution in [0.5, 0.6) is 0 Å². The van der Waals surface area contributed by atoms with Crippen LogP contribution in [0.15, 0.2) is 40.8 Å². The summed E-state index contributed by atoms with van der Waals surface area (Å²) in [5.41, 5.74) is 12.4. The Kier molecular flexibility index (Phi) is 7.00. The first-order chi connectivity index (χ1) is 17.5. The van der Waals surface area contributed by atoms with Gasteiger partial charge in [0.15, 0.2) is 5.82 Å². The van der Waals surface area contributed by atoms with E-state index in [1.807, 2.05) is 31.2 Å². The molecule has 37 heavy (non-hydrogen) atoms. The number of halogens is 2. The SMILES string of the molecule is Cc1nc(N2CCC3(CC2)Cc2ccc(N=S(C)(C)=O)cc2[C@H]3N)c(CO)nc1-c1cccc(Cl)c1Cl. The molecule has 1 atom stereocenters. The molecular weight excluding hydrogens is 529 g/mol. The molecule has 1 fully saturated rings. The van der Waals surface area contributed by atoms with Gasteiger partial charge >= 0.3 is 0 Å². The predicted octanol–water partition coefficient (Wildman–Crippen LogP) is 5.45. The molecule has 0 unspecified atom stereocenters. The molecule has 196 valence electrons. The number of aliphatic hydroxyl groups is 1. The first kappa shape index (κ1) is 26.4. The van der Waals surface area contributed by atoms with Crippen LogP contribution in [-0.4, -0.2) is 44.9 Å². The van der Waals surface area contributed by atoms with Crippen LogP contribution >= 0.6 is 23.2 Å². The first-order valence-corrected chi connectivity index (χ1v) is 15.3. The third-order valence-electron chi connectivity index (χ3n) is 7.53. The molecule has 2 aromatic carbocycles. The maximum Gasteiger partial charge on any atom is 0.153 e. The number of piperidine rings is 1. The third kappa shape index (κ3) is 4.98. The van der Waals surface area contributed by atoms with E-state index in [1.165, 1.54) is 5.56 Å². The van der Waals surface area contributed by atoms with Crippen molar-refractivity contribution in [1.29, 1.82) is 0 Å². The van der Waals surface area contributed by atoms with E-state index in [4.69, 9.17) is 38.9 Å². The number of nitrogens with two attached hydrogens (primary N) is 1. The molecule has 1 aliphatic carbocycles. The molecule has 1 saturated heterocycles. The Labute approximate surface area is 228 Å². The summed E-state index contributed by atoms with van der Waals surface area (Å²) in [5, 5.41) is 11.0. The Morgan fingerprint density at radius 3 is 2.59 bits per heavy atom. The summed E-state index contributed by atoms with van der Waals surface area (Å²) >= 11 is 12.7. The van der Waals surface area contributed by atoms with Gasteiger partial charge in [0.25, 0.3) is 0 Å². The highest BCUT2D eigenvalue weighted by Crippen LogP contribution is 2.52. The van der Waals surface area contributed by atoms with Gasteiger partial charge in [0.2, 0.25) is 0 Å². The standard InChI is InChI=1S/C27H31Cl2N5O2S/c1-16-24(19-5-4-6-21(28)23(19)29)32-22(15-35)26(31-16)34-11-9-27(10-12-34)14-17-7-8-18(33-37(2,3)36)13-20(17)25(27)30/h4-8,13,25,35H,9-12,14-15,30H2,1-3H3/t25-/m1/s1. The van der Waals surface area contributed by atoms with Crippen LogP contribution in [0.4, 0.5) is 11.5 Å². The van der Waals surface area contributed by atoms with E-state index in [0.717, 1.165) is 49.3 Å². The second kappa shape index (κ2) is 9.82. The molecule has 1 aliphatic heterocycles. The number of anilines is 1. The van der Waals surface area contributed by atoms with E-state index in [0.29, 0.717) is 32.8 Å². The summed E-state index contributed by atoms with van der Waals surface area (Å²) in [6.07, 6.45) is 5.97. The number of aromatic nitrogens is 2. The maximum absolute atomic E-state index is 12.2. The van der Waals surface area contributed by atoms with Crippen LogP contribution < -0.4 is 10.6 Å². The van der Waals surface area contributed by atoms with Crippen LogP contribution in [0.25, 0.3) is 11.3 Å². The summed E-state index contributed by atoms with van der Waals surface area (Å²) in [5.74, 6) is 0.697. The summed E-state index contributed by atoms with van der Waals surface area (Å²) in [7, 11) is -2.24. The number of fused-ring (bicyclic) bond motifs is 1. The molecule has 1 aromatic heterocycles. The van der Waals surface area contributed by atoms with Crippen LogP contribution in [-0.2, 0) is 22.8 Å². The summed E-state index contributed by atoms with van der Waals surface area (Å²) < 4.78 is 16.5. The fourth-order valence-corrected chi connectivity index (χ4v) is 6.67. The van der Waals surface area contributed by atoms with Crippen LogP contribution in [0.2, 0.25) is 10.0 Å². The summed E-state index contributed by atoms with van der Waals surface area (Å²) in [6.45, 7) is 3.18. The zero-order chi connectivity index (χ0) is 26.5. The number of aliphatic hydroxyl groups excluding tert-OH is 1.